The highest BCUT2D eigenvalue weighted by atomic mass is 35.5. The highest BCUT2D eigenvalue weighted by molar-refractivity contribution is 6.34. The van der Waals surface area contributed by atoms with E-state index in [9.17, 15) is 28.7 Å². The molecule has 2 aromatic rings. The second kappa shape index (κ2) is 10.6. The molecule has 1 atom stereocenters. The molecule has 3 rings (SSSR count). The van der Waals surface area contributed by atoms with Crippen LogP contribution in [0.1, 0.15) is 48.2 Å². The van der Waals surface area contributed by atoms with Crippen LogP contribution in [0.5, 0.6) is 5.75 Å². The van der Waals surface area contributed by atoms with Crippen LogP contribution in [0.2, 0.25) is 5.02 Å². The maximum Gasteiger partial charge on any atom is 0.312 e. The Bertz CT molecular complexity index is 1180. The van der Waals surface area contributed by atoms with Gasteiger partial charge >= 0.3 is 11.8 Å². The molecule has 2 heterocycles. The molecule has 1 unspecified atom stereocenters. The minimum atomic E-state index is -0.837. The van der Waals surface area contributed by atoms with Crippen LogP contribution in [-0.4, -0.2) is 63.3 Å². The summed E-state index contributed by atoms with van der Waals surface area (Å²) in [6.45, 7) is 0.183. The van der Waals surface area contributed by atoms with Crippen molar-refractivity contribution < 1.29 is 23.9 Å². The maximum absolute atomic E-state index is 13.3. The Kier molecular flexibility index (Phi) is 8.38. The van der Waals surface area contributed by atoms with Crippen molar-refractivity contribution in [2.75, 3.05) is 21.1 Å². The second-order valence-corrected chi connectivity index (χ2v) is 8.24. The van der Waals surface area contributed by atoms with E-state index in [2.05, 4.69) is 10.3 Å². The van der Waals surface area contributed by atoms with Crippen molar-refractivity contribution in [3.05, 3.63) is 56.5 Å². The van der Waals surface area contributed by atoms with Crippen LogP contribution in [0.3, 0.4) is 0 Å². The molecule has 0 aliphatic carbocycles. The van der Waals surface area contributed by atoms with Crippen LogP contribution in [0.4, 0.5) is 4.39 Å². The molecule has 0 bridgehead atoms. The number of carbonyl (C=O) groups is 3. The van der Waals surface area contributed by atoms with Crippen molar-refractivity contribution in [2.45, 2.75) is 39.4 Å². The molecule has 0 saturated heterocycles. The Hall–Kier alpha value is -3.47. The number of carbonyl (C=O) groups excluding carboxylic acids is 3. The molecule has 0 radical (unpaired) electrons. The predicted molar refractivity (Wildman–Crippen MR) is 123 cm³/mol. The highest BCUT2D eigenvalue weighted by Crippen LogP contribution is 2.29. The molecule has 34 heavy (non-hydrogen) atoms. The van der Waals surface area contributed by atoms with E-state index in [-0.39, 0.29) is 31.4 Å². The SMILES string of the molecule is C.CN(C)C(=O)C(=O)N(C)C1CCCn2c1nc(C(=O)NCc1ccc(F)c(Cl)c1)c(O)c2=O. The summed E-state index contributed by atoms with van der Waals surface area (Å²) >= 11 is 5.74. The average molecular weight is 496 g/mol. The van der Waals surface area contributed by atoms with Gasteiger partial charge in [-0.3, -0.25) is 23.7 Å². The fourth-order valence-corrected chi connectivity index (χ4v) is 3.73. The van der Waals surface area contributed by atoms with E-state index in [4.69, 9.17) is 11.6 Å². The third kappa shape index (κ3) is 5.19. The van der Waals surface area contributed by atoms with Crippen molar-refractivity contribution in [3.63, 3.8) is 0 Å². The summed E-state index contributed by atoms with van der Waals surface area (Å²) in [5.41, 5.74) is -0.833. The van der Waals surface area contributed by atoms with E-state index >= 15 is 0 Å². The van der Waals surface area contributed by atoms with E-state index in [0.717, 1.165) is 11.0 Å². The van der Waals surface area contributed by atoms with Crippen LogP contribution in [0.25, 0.3) is 0 Å². The number of nitrogens with one attached hydrogen (secondary N) is 1. The number of hydrogen-bond donors (Lipinski definition) is 2. The van der Waals surface area contributed by atoms with Gasteiger partial charge in [-0.25, -0.2) is 9.37 Å². The van der Waals surface area contributed by atoms with Gasteiger partial charge in [-0.05, 0) is 30.5 Å². The fraction of sp³-hybridized carbons (Fsp3) is 0.409. The van der Waals surface area contributed by atoms with Crippen LogP contribution in [0, 0.1) is 5.82 Å². The van der Waals surface area contributed by atoms with Gasteiger partial charge in [0, 0.05) is 34.2 Å². The van der Waals surface area contributed by atoms with Gasteiger partial charge in [0.05, 0.1) is 11.1 Å². The topological polar surface area (TPSA) is 125 Å². The highest BCUT2D eigenvalue weighted by Gasteiger charge is 2.34. The monoisotopic (exact) mass is 495 g/mol. The molecule has 2 N–H and O–H groups in total. The van der Waals surface area contributed by atoms with Crippen molar-refractivity contribution in [1.29, 1.82) is 0 Å². The molecule has 10 nitrogen and oxygen atoms in total. The van der Waals surface area contributed by atoms with Gasteiger partial charge < -0.3 is 20.2 Å². The Morgan fingerprint density at radius 3 is 2.56 bits per heavy atom. The molecule has 12 heteroatoms. The fourth-order valence-electron chi connectivity index (χ4n) is 3.53. The van der Waals surface area contributed by atoms with Gasteiger partial charge in [-0.15, -0.1) is 0 Å². The molecular formula is C22H27ClFN5O5. The van der Waals surface area contributed by atoms with Gasteiger partial charge in [0.1, 0.15) is 11.6 Å². The number of nitrogens with zero attached hydrogens (tertiary/aromatic N) is 4. The van der Waals surface area contributed by atoms with E-state index in [1.165, 1.54) is 42.7 Å². The maximum atomic E-state index is 13.3. The molecule has 0 spiro atoms. The van der Waals surface area contributed by atoms with Gasteiger partial charge in [-0.2, -0.15) is 0 Å². The number of hydrogen-bond acceptors (Lipinski definition) is 6. The van der Waals surface area contributed by atoms with Crippen molar-refractivity contribution in [2.24, 2.45) is 0 Å². The summed E-state index contributed by atoms with van der Waals surface area (Å²) in [4.78, 5) is 56.6. The number of aromatic nitrogens is 2. The van der Waals surface area contributed by atoms with Gasteiger partial charge in [-0.1, -0.05) is 25.1 Å². The first-order valence-electron chi connectivity index (χ1n) is 10.1. The molecule has 1 aliphatic heterocycles. The van der Waals surface area contributed by atoms with E-state index in [0.29, 0.717) is 18.4 Å². The Balaban J connectivity index is 0.00000408. The summed E-state index contributed by atoms with van der Waals surface area (Å²) in [7, 11) is 4.31. The number of halogens is 2. The van der Waals surface area contributed by atoms with Crippen LogP contribution < -0.4 is 10.9 Å². The molecular weight excluding hydrogens is 469 g/mol. The Labute approximate surface area is 200 Å². The predicted octanol–water partition coefficient (Wildman–Crippen LogP) is 1.69. The van der Waals surface area contributed by atoms with Gasteiger partial charge in [0.15, 0.2) is 5.69 Å². The zero-order chi connectivity index (χ0) is 24.4. The second-order valence-electron chi connectivity index (χ2n) is 7.83. The molecule has 3 amide bonds. The zero-order valence-electron chi connectivity index (χ0n) is 18.3. The minimum absolute atomic E-state index is 0. The summed E-state index contributed by atoms with van der Waals surface area (Å²) in [5.74, 6) is -3.71. The first-order chi connectivity index (χ1) is 15.5. The van der Waals surface area contributed by atoms with Gasteiger partial charge in [0.25, 0.3) is 11.5 Å². The Morgan fingerprint density at radius 1 is 1.26 bits per heavy atom. The largest absolute Gasteiger partial charge is 0.501 e. The summed E-state index contributed by atoms with van der Waals surface area (Å²) in [6, 6.07) is 3.17. The first kappa shape index (κ1) is 26.8. The molecule has 184 valence electrons. The third-order valence-electron chi connectivity index (χ3n) is 5.36. The number of likely N-dealkylation sites (N-methyl/N-ethyl adjacent to an activating group) is 2. The minimum Gasteiger partial charge on any atom is -0.501 e. The van der Waals surface area contributed by atoms with Gasteiger partial charge in [0.2, 0.25) is 5.75 Å². The molecule has 1 aromatic carbocycles. The smallest absolute Gasteiger partial charge is 0.312 e. The zero-order valence-corrected chi connectivity index (χ0v) is 19.0. The lowest BCUT2D eigenvalue weighted by Gasteiger charge is -2.33. The Morgan fingerprint density at radius 2 is 1.94 bits per heavy atom. The van der Waals surface area contributed by atoms with Crippen LogP contribution >= 0.6 is 11.6 Å². The third-order valence-corrected chi connectivity index (χ3v) is 5.65. The lowest BCUT2D eigenvalue weighted by molar-refractivity contribution is -0.151. The average Bonchev–Trinajstić information content (AvgIpc) is 2.79. The van der Waals surface area contributed by atoms with E-state index < -0.39 is 46.6 Å². The standard InChI is InChI=1S/C21H23ClFN5O5.CH4/c1-26(2)20(32)21(33)27(3)14-5-4-8-28-17(14)25-15(16(29)19(28)31)18(30)24-10-11-6-7-13(23)12(22)9-11;/h6-7,9,14,29H,4-5,8,10H2,1-3H3,(H,24,30);1H4. The first-order valence-corrected chi connectivity index (χ1v) is 10.4. The number of amides is 3. The summed E-state index contributed by atoms with van der Waals surface area (Å²) in [6.07, 6.45) is 0.915. The molecule has 0 saturated carbocycles. The van der Waals surface area contributed by atoms with Crippen molar-refractivity contribution in [3.8, 4) is 5.75 Å². The molecule has 1 aromatic heterocycles. The van der Waals surface area contributed by atoms with Crippen molar-refractivity contribution >= 4 is 29.3 Å². The van der Waals surface area contributed by atoms with Crippen molar-refractivity contribution in [1.82, 2.24) is 24.7 Å². The lowest BCUT2D eigenvalue weighted by atomic mass is 10.0. The van der Waals surface area contributed by atoms with Crippen LogP contribution in [0.15, 0.2) is 23.0 Å². The normalized spacial score (nSPS) is 14.4. The number of aromatic hydroxyl groups is 1. The summed E-state index contributed by atoms with van der Waals surface area (Å²) < 4.78 is 14.5. The number of fused-ring (bicyclic) bond motifs is 1. The van der Waals surface area contributed by atoms with E-state index in [1.807, 2.05) is 0 Å². The summed E-state index contributed by atoms with van der Waals surface area (Å²) in [5, 5.41) is 12.7. The number of benzene rings is 1. The number of rotatable bonds is 4. The lowest BCUT2D eigenvalue weighted by Crippen LogP contribution is -2.45. The molecule has 0 fully saturated rings. The molecule has 1 aliphatic rings. The quantitative estimate of drug-likeness (QED) is 0.622. The van der Waals surface area contributed by atoms with Crippen LogP contribution in [-0.2, 0) is 22.7 Å². The van der Waals surface area contributed by atoms with E-state index in [1.54, 1.807) is 0 Å².